The lowest BCUT2D eigenvalue weighted by Gasteiger charge is -2.25. The number of carbonyl (C=O) groups excluding carboxylic acids is 1. The number of nitrogens with zero attached hydrogens (tertiary/aromatic N) is 1. The number of hydrogen-bond donors (Lipinski definition) is 1. The summed E-state index contributed by atoms with van der Waals surface area (Å²) in [6.45, 7) is 6.29. The van der Waals surface area contributed by atoms with Gasteiger partial charge in [0.05, 0.1) is 18.0 Å². The van der Waals surface area contributed by atoms with Gasteiger partial charge in [-0.15, -0.1) is 0 Å². The Balaban J connectivity index is 1.65. The number of sulfonamides is 1. The van der Waals surface area contributed by atoms with Crippen LogP contribution < -0.4 is 9.46 Å². The average molecular weight is 431 g/mol. The molecule has 7 heteroatoms. The fourth-order valence-corrected chi connectivity index (χ4v) is 5.84. The Labute approximate surface area is 179 Å². The standard InChI is InChI=1S/C23H30N2O4S/c1-16-13-17(2)23(18(3)14-16)30(27,28)24-11-10-22(26)25-12-6-9-21(25)19-7-5-8-20(15-19)29-4/h5,7-8,13-15,21,24H,6,9-12H2,1-4H3. The van der Waals surface area contributed by atoms with Crippen molar-refractivity contribution in [2.75, 3.05) is 20.2 Å². The SMILES string of the molecule is COc1cccc(C2CCCN2C(=O)CCNS(=O)(=O)c2c(C)cc(C)cc2C)c1. The van der Waals surface area contributed by atoms with Crippen molar-refractivity contribution in [1.82, 2.24) is 9.62 Å². The van der Waals surface area contributed by atoms with E-state index in [9.17, 15) is 13.2 Å². The molecular weight excluding hydrogens is 400 g/mol. The lowest BCUT2D eigenvalue weighted by Crippen LogP contribution is -2.34. The van der Waals surface area contributed by atoms with Crippen molar-refractivity contribution >= 4 is 15.9 Å². The van der Waals surface area contributed by atoms with E-state index in [4.69, 9.17) is 4.74 Å². The van der Waals surface area contributed by atoms with Crippen LogP contribution in [0, 0.1) is 20.8 Å². The molecule has 30 heavy (non-hydrogen) atoms. The zero-order valence-corrected chi connectivity index (χ0v) is 18.9. The molecule has 2 aromatic rings. The van der Waals surface area contributed by atoms with Gasteiger partial charge in [0, 0.05) is 19.5 Å². The summed E-state index contributed by atoms with van der Waals surface area (Å²) in [5.41, 5.74) is 3.50. The van der Waals surface area contributed by atoms with Crippen molar-refractivity contribution in [3.05, 3.63) is 58.7 Å². The summed E-state index contributed by atoms with van der Waals surface area (Å²) in [7, 11) is -2.04. The first kappa shape index (κ1) is 22.3. The van der Waals surface area contributed by atoms with Crippen LogP contribution in [0.2, 0.25) is 0 Å². The van der Waals surface area contributed by atoms with Crippen molar-refractivity contribution in [2.45, 2.75) is 51.0 Å². The van der Waals surface area contributed by atoms with E-state index in [0.717, 1.165) is 29.7 Å². The van der Waals surface area contributed by atoms with Gasteiger partial charge in [-0.1, -0.05) is 29.8 Å². The predicted octanol–water partition coefficient (Wildman–Crippen LogP) is 3.65. The highest BCUT2D eigenvalue weighted by atomic mass is 32.2. The summed E-state index contributed by atoms with van der Waals surface area (Å²) in [5.74, 6) is 0.726. The molecule has 1 fully saturated rings. The third-order valence-electron chi connectivity index (χ3n) is 5.56. The molecule has 0 saturated carbocycles. The summed E-state index contributed by atoms with van der Waals surface area (Å²) in [6.07, 6.45) is 1.96. The minimum Gasteiger partial charge on any atom is -0.497 e. The summed E-state index contributed by atoms with van der Waals surface area (Å²) in [4.78, 5) is 15.0. The second kappa shape index (κ2) is 9.18. The van der Waals surface area contributed by atoms with E-state index in [1.54, 1.807) is 21.0 Å². The molecule has 2 aromatic carbocycles. The monoisotopic (exact) mass is 430 g/mol. The average Bonchev–Trinajstić information content (AvgIpc) is 3.16. The van der Waals surface area contributed by atoms with Crippen molar-refractivity contribution in [2.24, 2.45) is 0 Å². The summed E-state index contributed by atoms with van der Waals surface area (Å²) in [6, 6.07) is 11.5. The summed E-state index contributed by atoms with van der Waals surface area (Å²) in [5, 5.41) is 0. The molecule has 0 spiro atoms. The highest BCUT2D eigenvalue weighted by Crippen LogP contribution is 2.33. The van der Waals surface area contributed by atoms with E-state index < -0.39 is 10.0 Å². The molecule has 0 aromatic heterocycles. The third kappa shape index (κ3) is 4.84. The number of methoxy groups -OCH3 is 1. The van der Waals surface area contributed by atoms with Crippen molar-refractivity contribution in [1.29, 1.82) is 0 Å². The first-order valence-corrected chi connectivity index (χ1v) is 11.7. The van der Waals surface area contributed by atoms with E-state index >= 15 is 0 Å². The maximum atomic E-state index is 12.8. The fraction of sp³-hybridized carbons (Fsp3) is 0.435. The minimum absolute atomic E-state index is 0.00537. The molecule has 1 saturated heterocycles. The molecule has 6 nitrogen and oxygen atoms in total. The number of amides is 1. The minimum atomic E-state index is -3.67. The zero-order valence-electron chi connectivity index (χ0n) is 18.1. The highest BCUT2D eigenvalue weighted by molar-refractivity contribution is 7.89. The van der Waals surface area contributed by atoms with Gasteiger partial charge < -0.3 is 9.64 Å². The second-order valence-corrected chi connectivity index (χ2v) is 9.60. The lowest BCUT2D eigenvalue weighted by molar-refractivity contribution is -0.131. The molecule has 0 aliphatic carbocycles. The molecule has 162 valence electrons. The van der Waals surface area contributed by atoms with Crippen molar-refractivity contribution in [3.8, 4) is 5.75 Å². The molecule has 1 aliphatic heterocycles. The van der Waals surface area contributed by atoms with Crippen LogP contribution in [0.25, 0.3) is 0 Å². The van der Waals surface area contributed by atoms with E-state index in [1.807, 2.05) is 48.2 Å². The van der Waals surface area contributed by atoms with Crippen LogP contribution in [0.4, 0.5) is 0 Å². The Kier molecular flexibility index (Phi) is 6.83. The first-order chi connectivity index (χ1) is 14.2. The molecule has 1 atom stereocenters. The highest BCUT2D eigenvalue weighted by Gasteiger charge is 2.30. The number of hydrogen-bond acceptors (Lipinski definition) is 4. The normalized spacial score (nSPS) is 16.7. The molecule has 0 radical (unpaired) electrons. The Hall–Kier alpha value is -2.38. The topological polar surface area (TPSA) is 75.7 Å². The molecule has 3 rings (SSSR count). The van der Waals surface area contributed by atoms with Crippen LogP contribution in [-0.2, 0) is 14.8 Å². The maximum Gasteiger partial charge on any atom is 0.241 e. The van der Waals surface area contributed by atoms with E-state index in [2.05, 4.69) is 4.72 Å². The largest absolute Gasteiger partial charge is 0.497 e. The lowest BCUT2D eigenvalue weighted by atomic mass is 10.0. The number of rotatable bonds is 7. The van der Waals surface area contributed by atoms with Gasteiger partial charge >= 0.3 is 0 Å². The van der Waals surface area contributed by atoms with Crippen molar-refractivity contribution in [3.63, 3.8) is 0 Å². The fourth-order valence-electron chi connectivity index (χ4n) is 4.36. The number of nitrogens with one attached hydrogen (secondary N) is 1. The Bertz CT molecular complexity index is 1010. The van der Waals surface area contributed by atoms with E-state index in [0.29, 0.717) is 22.6 Å². The van der Waals surface area contributed by atoms with Gasteiger partial charge in [0.1, 0.15) is 5.75 Å². The maximum absolute atomic E-state index is 12.8. The zero-order chi connectivity index (χ0) is 21.9. The summed E-state index contributed by atoms with van der Waals surface area (Å²) < 4.78 is 33.5. The molecule has 0 bridgehead atoms. The van der Waals surface area contributed by atoms with Gasteiger partial charge in [-0.05, 0) is 62.4 Å². The molecule has 1 N–H and O–H groups in total. The van der Waals surface area contributed by atoms with Crippen LogP contribution >= 0.6 is 0 Å². The number of carbonyl (C=O) groups is 1. The number of benzene rings is 2. The van der Waals surface area contributed by atoms with Crippen LogP contribution in [0.15, 0.2) is 41.3 Å². The molecule has 1 heterocycles. The molecule has 1 aliphatic rings. The van der Waals surface area contributed by atoms with Gasteiger partial charge in [-0.2, -0.15) is 0 Å². The quantitative estimate of drug-likeness (QED) is 0.727. The second-order valence-electron chi connectivity index (χ2n) is 7.90. The number of likely N-dealkylation sites (tertiary alicyclic amines) is 1. The number of aryl methyl sites for hydroxylation is 3. The van der Waals surface area contributed by atoms with E-state index in [1.165, 1.54) is 0 Å². The van der Waals surface area contributed by atoms with Crippen molar-refractivity contribution < 1.29 is 17.9 Å². The molecule has 1 unspecified atom stereocenters. The molecular formula is C23H30N2O4S. The third-order valence-corrected chi connectivity index (χ3v) is 7.32. The smallest absolute Gasteiger partial charge is 0.241 e. The number of ether oxygens (including phenoxy) is 1. The molecule has 1 amide bonds. The van der Waals surface area contributed by atoms with Crippen LogP contribution in [0.3, 0.4) is 0 Å². The summed E-state index contributed by atoms with van der Waals surface area (Å²) >= 11 is 0. The van der Waals surface area contributed by atoms with Gasteiger partial charge in [0.2, 0.25) is 15.9 Å². The van der Waals surface area contributed by atoms with Gasteiger partial charge in [0.15, 0.2) is 0 Å². The van der Waals surface area contributed by atoms with Gasteiger partial charge in [0.25, 0.3) is 0 Å². The van der Waals surface area contributed by atoms with Crippen LogP contribution in [0.1, 0.15) is 47.6 Å². The van der Waals surface area contributed by atoms with Crippen LogP contribution in [0.5, 0.6) is 5.75 Å². The van der Waals surface area contributed by atoms with Gasteiger partial charge in [-0.3, -0.25) is 4.79 Å². The van der Waals surface area contributed by atoms with E-state index in [-0.39, 0.29) is 24.9 Å². The van der Waals surface area contributed by atoms with Crippen LogP contribution in [-0.4, -0.2) is 39.4 Å². The predicted molar refractivity (Wildman–Crippen MR) is 117 cm³/mol. The Morgan fingerprint density at radius 2 is 1.87 bits per heavy atom. The Morgan fingerprint density at radius 3 is 2.53 bits per heavy atom. The Morgan fingerprint density at radius 1 is 1.17 bits per heavy atom. The first-order valence-electron chi connectivity index (χ1n) is 10.2. The van der Waals surface area contributed by atoms with Gasteiger partial charge in [-0.25, -0.2) is 13.1 Å².